The van der Waals surface area contributed by atoms with E-state index >= 15 is 0 Å². The summed E-state index contributed by atoms with van der Waals surface area (Å²) >= 11 is 0. The number of halogens is 1. The first kappa shape index (κ1) is 16.1. The van der Waals surface area contributed by atoms with Gasteiger partial charge in [-0.25, -0.2) is 4.39 Å². The molecule has 0 spiro atoms. The SMILES string of the molecule is CCCC(C)N(C)C(C)(CN)Cc1ccccc1F. The fourth-order valence-electron chi connectivity index (χ4n) is 2.54. The number of benzene rings is 1. The van der Waals surface area contributed by atoms with Crippen molar-refractivity contribution in [3.63, 3.8) is 0 Å². The van der Waals surface area contributed by atoms with E-state index in [4.69, 9.17) is 5.73 Å². The zero-order valence-corrected chi connectivity index (χ0v) is 12.6. The maximum absolute atomic E-state index is 13.8. The molecule has 0 amide bonds. The fourth-order valence-corrected chi connectivity index (χ4v) is 2.54. The second kappa shape index (κ2) is 7.01. The molecule has 2 unspecified atom stereocenters. The van der Waals surface area contributed by atoms with Gasteiger partial charge in [-0.15, -0.1) is 0 Å². The average Bonchev–Trinajstić information content (AvgIpc) is 2.40. The summed E-state index contributed by atoms with van der Waals surface area (Å²) in [5.74, 6) is -0.140. The number of hydrogen-bond donors (Lipinski definition) is 1. The van der Waals surface area contributed by atoms with Gasteiger partial charge in [-0.3, -0.25) is 4.90 Å². The number of hydrogen-bond acceptors (Lipinski definition) is 2. The largest absolute Gasteiger partial charge is 0.329 e. The predicted octanol–water partition coefficient (Wildman–Crippen LogP) is 3.21. The van der Waals surface area contributed by atoms with E-state index in [9.17, 15) is 4.39 Å². The molecule has 19 heavy (non-hydrogen) atoms. The lowest BCUT2D eigenvalue weighted by Gasteiger charge is -2.42. The Kier molecular flexibility index (Phi) is 5.95. The van der Waals surface area contributed by atoms with Crippen LogP contribution in [0.5, 0.6) is 0 Å². The first-order valence-corrected chi connectivity index (χ1v) is 7.11. The predicted molar refractivity (Wildman–Crippen MR) is 79.7 cm³/mol. The molecule has 108 valence electrons. The van der Waals surface area contributed by atoms with Gasteiger partial charge in [0.1, 0.15) is 5.82 Å². The molecule has 2 N–H and O–H groups in total. The van der Waals surface area contributed by atoms with Crippen LogP contribution in [0.25, 0.3) is 0 Å². The van der Waals surface area contributed by atoms with Gasteiger partial charge < -0.3 is 5.73 Å². The molecule has 0 saturated heterocycles. The van der Waals surface area contributed by atoms with Crippen LogP contribution < -0.4 is 5.73 Å². The summed E-state index contributed by atoms with van der Waals surface area (Å²) in [5.41, 5.74) is 6.51. The monoisotopic (exact) mass is 266 g/mol. The lowest BCUT2D eigenvalue weighted by atomic mass is 9.89. The summed E-state index contributed by atoms with van der Waals surface area (Å²) < 4.78 is 13.8. The number of nitrogens with two attached hydrogens (primary N) is 1. The molecule has 0 saturated carbocycles. The highest BCUT2D eigenvalue weighted by Crippen LogP contribution is 2.23. The van der Waals surface area contributed by atoms with Crippen molar-refractivity contribution in [2.45, 2.75) is 51.6 Å². The molecule has 0 fully saturated rings. The van der Waals surface area contributed by atoms with Gasteiger partial charge in [0.15, 0.2) is 0 Å². The molecule has 3 heteroatoms. The lowest BCUT2D eigenvalue weighted by Crippen LogP contribution is -2.54. The van der Waals surface area contributed by atoms with E-state index in [0.29, 0.717) is 19.0 Å². The second-order valence-electron chi connectivity index (χ2n) is 5.72. The number of nitrogens with zero attached hydrogens (tertiary/aromatic N) is 1. The standard InChI is InChI=1S/C16H27FN2/c1-5-8-13(2)19(4)16(3,12-18)11-14-9-6-7-10-15(14)17/h6-7,9-10,13H,5,8,11-12,18H2,1-4H3. The Balaban J connectivity index is 2.88. The van der Waals surface area contributed by atoms with Crippen LogP contribution in [0, 0.1) is 5.82 Å². The summed E-state index contributed by atoms with van der Waals surface area (Å²) in [4.78, 5) is 2.29. The molecule has 0 aliphatic heterocycles. The van der Waals surface area contributed by atoms with E-state index in [2.05, 4.69) is 32.7 Å². The van der Waals surface area contributed by atoms with Gasteiger partial charge in [-0.2, -0.15) is 0 Å². The summed E-state index contributed by atoms with van der Waals surface area (Å²) in [6, 6.07) is 7.42. The van der Waals surface area contributed by atoms with E-state index < -0.39 is 0 Å². The maximum Gasteiger partial charge on any atom is 0.126 e. The minimum Gasteiger partial charge on any atom is -0.329 e. The lowest BCUT2D eigenvalue weighted by molar-refractivity contribution is 0.0943. The molecule has 2 nitrogen and oxygen atoms in total. The highest BCUT2D eigenvalue weighted by atomic mass is 19.1. The average molecular weight is 266 g/mol. The van der Waals surface area contributed by atoms with E-state index in [1.165, 1.54) is 6.07 Å². The topological polar surface area (TPSA) is 29.3 Å². The third-order valence-electron chi connectivity index (χ3n) is 4.19. The minimum atomic E-state index is -0.212. The van der Waals surface area contributed by atoms with Gasteiger partial charge in [-0.1, -0.05) is 31.5 Å². The molecule has 0 aliphatic carbocycles. The number of likely N-dealkylation sites (N-methyl/N-ethyl adjacent to an activating group) is 1. The molecule has 2 atom stereocenters. The zero-order valence-electron chi connectivity index (χ0n) is 12.6. The van der Waals surface area contributed by atoms with Crippen LogP contribution in [0.4, 0.5) is 4.39 Å². The van der Waals surface area contributed by atoms with E-state index in [1.54, 1.807) is 6.07 Å². The van der Waals surface area contributed by atoms with Crippen LogP contribution in [0.3, 0.4) is 0 Å². The van der Waals surface area contributed by atoms with Crippen LogP contribution in [0.2, 0.25) is 0 Å². The maximum atomic E-state index is 13.8. The molecule has 0 aliphatic rings. The van der Waals surface area contributed by atoms with Crippen molar-refractivity contribution in [1.82, 2.24) is 4.90 Å². The summed E-state index contributed by atoms with van der Waals surface area (Å²) in [7, 11) is 2.09. The summed E-state index contributed by atoms with van der Waals surface area (Å²) in [6.07, 6.45) is 2.91. The minimum absolute atomic E-state index is 0.140. The van der Waals surface area contributed by atoms with Crippen LogP contribution >= 0.6 is 0 Å². The van der Waals surface area contributed by atoms with Crippen LogP contribution in [-0.2, 0) is 6.42 Å². The Morgan fingerprint density at radius 3 is 2.53 bits per heavy atom. The van der Waals surface area contributed by atoms with Gasteiger partial charge in [-0.05, 0) is 45.4 Å². The van der Waals surface area contributed by atoms with Crippen LogP contribution in [0.1, 0.15) is 39.2 Å². The normalized spacial score (nSPS) is 16.4. The quantitative estimate of drug-likeness (QED) is 0.821. The molecular weight excluding hydrogens is 239 g/mol. The Morgan fingerprint density at radius 1 is 1.37 bits per heavy atom. The van der Waals surface area contributed by atoms with E-state index in [0.717, 1.165) is 18.4 Å². The van der Waals surface area contributed by atoms with E-state index in [-0.39, 0.29) is 11.4 Å². The van der Waals surface area contributed by atoms with Gasteiger partial charge >= 0.3 is 0 Å². The number of rotatable bonds is 7. The Morgan fingerprint density at radius 2 is 2.00 bits per heavy atom. The van der Waals surface area contributed by atoms with Gasteiger partial charge in [0.05, 0.1) is 0 Å². The molecule has 1 rings (SSSR count). The summed E-state index contributed by atoms with van der Waals surface area (Å²) in [5, 5.41) is 0. The second-order valence-corrected chi connectivity index (χ2v) is 5.72. The van der Waals surface area contributed by atoms with Crippen molar-refractivity contribution in [2.24, 2.45) is 5.73 Å². The molecule has 0 bridgehead atoms. The van der Waals surface area contributed by atoms with Crippen LogP contribution in [0.15, 0.2) is 24.3 Å². The highest BCUT2D eigenvalue weighted by Gasteiger charge is 2.31. The van der Waals surface area contributed by atoms with Crippen molar-refractivity contribution >= 4 is 0 Å². The molecule has 0 radical (unpaired) electrons. The van der Waals surface area contributed by atoms with Crippen molar-refractivity contribution in [1.29, 1.82) is 0 Å². The molecule has 0 heterocycles. The highest BCUT2D eigenvalue weighted by molar-refractivity contribution is 5.20. The third-order valence-corrected chi connectivity index (χ3v) is 4.19. The third kappa shape index (κ3) is 4.02. The van der Waals surface area contributed by atoms with Crippen LogP contribution in [-0.4, -0.2) is 30.1 Å². The van der Waals surface area contributed by atoms with Crippen molar-refractivity contribution in [2.75, 3.05) is 13.6 Å². The van der Waals surface area contributed by atoms with Crippen molar-refractivity contribution in [3.8, 4) is 0 Å². The fraction of sp³-hybridized carbons (Fsp3) is 0.625. The first-order chi connectivity index (χ1) is 8.94. The first-order valence-electron chi connectivity index (χ1n) is 7.11. The van der Waals surface area contributed by atoms with E-state index in [1.807, 2.05) is 12.1 Å². The zero-order chi connectivity index (χ0) is 14.5. The van der Waals surface area contributed by atoms with Gasteiger partial charge in [0, 0.05) is 18.1 Å². The Labute approximate surface area is 116 Å². The summed E-state index contributed by atoms with van der Waals surface area (Å²) in [6.45, 7) is 7.03. The van der Waals surface area contributed by atoms with Crippen molar-refractivity contribution in [3.05, 3.63) is 35.6 Å². The Bertz CT molecular complexity index is 394. The molecule has 1 aromatic carbocycles. The molecule has 1 aromatic rings. The molecular formula is C16H27FN2. The van der Waals surface area contributed by atoms with Gasteiger partial charge in [0.25, 0.3) is 0 Å². The van der Waals surface area contributed by atoms with Gasteiger partial charge in [0.2, 0.25) is 0 Å². The smallest absolute Gasteiger partial charge is 0.126 e. The van der Waals surface area contributed by atoms with Crippen molar-refractivity contribution < 1.29 is 4.39 Å². The Hall–Kier alpha value is -0.930. The molecule has 0 aromatic heterocycles.